The van der Waals surface area contributed by atoms with Crippen molar-refractivity contribution in [2.24, 2.45) is 0 Å². The fourth-order valence-electron chi connectivity index (χ4n) is 2.72. The Hall–Kier alpha value is -0.610. The average Bonchev–Trinajstić information content (AvgIpc) is 2.46. The highest BCUT2D eigenvalue weighted by Gasteiger charge is 2.18. The van der Waals surface area contributed by atoms with Crippen LogP contribution >= 0.6 is 11.6 Å². The van der Waals surface area contributed by atoms with E-state index in [1.165, 1.54) is 5.56 Å². The van der Waals surface area contributed by atoms with Crippen molar-refractivity contribution in [3.8, 4) is 0 Å². The first-order valence-electron chi connectivity index (χ1n) is 7.38. The van der Waals surface area contributed by atoms with Gasteiger partial charge in [0.2, 0.25) is 0 Å². The Labute approximate surface area is 127 Å². The van der Waals surface area contributed by atoms with Crippen LogP contribution in [-0.4, -0.2) is 62.8 Å². The second-order valence-electron chi connectivity index (χ2n) is 5.59. The van der Waals surface area contributed by atoms with Crippen molar-refractivity contribution in [2.45, 2.75) is 12.8 Å². The van der Waals surface area contributed by atoms with Gasteiger partial charge in [-0.2, -0.15) is 0 Å². The van der Waals surface area contributed by atoms with Crippen LogP contribution in [0.3, 0.4) is 0 Å². The SMILES string of the molecule is COCCN1CCN(C[C@@H](C)c2cccc(Cl)c2)CC1. The molecule has 4 heteroatoms. The Morgan fingerprint density at radius 3 is 2.55 bits per heavy atom. The third-order valence-electron chi connectivity index (χ3n) is 4.03. The summed E-state index contributed by atoms with van der Waals surface area (Å²) in [6.07, 6.45) is 0. The minimum Gasteiger partial charge on any atom is -0.383 e. The molecule has 1 aromatic carbocycles. The third-order valence-corrected chi connectivity index (χ3v) is 4.26. The molecule has 0 N–H and O–H groups in total. The number of piperazine rings is 1. The van der Waals surface area contributed by atoms with Crippen LogP contribution < -0.4 is 0 Å². The maximum Gasteiger partial charge on any atom is 0.0589 e. The van der Waals surface area contributed by atoms with Crippen molar-refractivity contribution in [3.05, 3.63) is 34.9 Å². The maximum absolute atomic E-state index is 6.07. The highest BCUT2D eigenvalue weighted by Crippen LogP contribution is 2.20. The van der Waals surface area contributed by atoms with Gasteiger partial charge in [-0.15, -0.1) is 0 Å². The summed E-state index contributed by atoms with van der Waals surface area (Å²) in [5.41, 5.74) is 1.33. The molecule has 1 aromatic rings. The van der Waals surface area contributed by atoms with Crippen LogP contribution in [0.5, 0.6) is 0 Å². The summed E-state index contributed by atoms with van der Waals surface area (Å²) in [5.74, 6) is 0.527. The van der Waals surface area contributed by atoms with Gasteiger partial charge in [0.05, 0.1) is 6.61 Å². The smallest absolute Gasteiger partial charge is 0.0589 e. The van der Waals surface area contributed by atoms with Crippen LogP contribution in [-0.2, 0) is 4.74 Å². The van der Waals surface area contributed by atoms with Gasteiger partial charge in [-0.25, -0.2) is 0 Å². The Balaban J connectivity index is 1.77. The first-order valence-corrected chi connectivity index (χ1v) is 7.76. The topological polar surface area (TPSA) is 15.7 Å². The van der Waals surface area contributed by atoms with Gasteiger partial charge in [0, 0.05) is 51.4 Å². The Morgan fingerprint density at radius 1 is 1.20 bits per heavy atom. The zero-order valence-electron chi connectivity index (χ0n) is 12.5. The first-order chi connectivity index (χ1) is 9.69. The molecule has 112 valence electrons. The highest BCUT2D eigenvalue weighted by atomic mass is 35.5. The number of rotatable bonds is 6. The first kappa shape index (κ1) is 15.8. The normalized spacial score (nSPS) is 19.1. The number of nitrogens with zero attached hydrogens (tertiary/aromatic N) is 2. The van der Waals surface area contributed by atoms with E-state index in [0.29, 0.717) is 5.92 Å². The molecule has 0 aromatic heterocycles. The number of ether oxygens (including phenoxy) is 1. The van der Waals surface area contributed by atoms with Crippen molar-refractivity contribution >= 4 is 11.6 Å². The quantitative estimate of drug-likeness (QED) is 0.803. The van der Waals surface area contributed by atoms with Crippen molar-refractivity contribution in [1.82, 2.24) is 9.80 Å². The van der Waals surface area contributed by atoms with E-state index < -0.39 is 0 Å². The van der Waals surface area contributed by atoms with Crippen LogP contribution in [0, 0.1) is 0 Å². The van der Waals surface area contributed by atoms with Crippen LogP contribution in [0.2, 0.25) is 5.02 Å². The fourth-order valence-corrected chi connectivity index (χ4v) is 2.92. The molecule has 0 saturated carbocycles. The Kier molecular flexibility index (Phi) is 6.30. The zero-order valence-corrected chi connectivity index (χ0v) is 13.3. The van der Waals surface area contributed by atoms with Gasteiger partial charge in [0.1, 0.15) is 0 Å². The summed E-state index contributed by atoms with van der Waals surface area (Å²) in [4.78, 5) is 5.03. The molecule has 1 fully saturated rings. The molecule has 1 heterocycles. The number of hydrogen-bond donors (Lipinski definition) is 0. The molecule has 1 saturated heterocycles. The molecule has 3 nitrogen and oxygen atoms in total. The van der Waals surface area contributed by atoms with Gasteiger partial charge in [0.15, 0.2) is 0 Å². The number of methoxy groups -OCH3 is 1. The molecule has 20 heavy (non-hydrogen) atoms. The summed E-state index contributed by atoms with van der Waals surface area (Å²) in [6.45, 7) is 9.86. The van der Waals surface area contributed by atoms with Crippen molar-refractivity contribution < 1.29 is 4.74 Å². The Morgan fingerprint density at radius 2 is 1.90 bits per heavy atom. The lowest BCUT2D eigenvalue weighted by atomic mass is 10.0. The van der Waals surface area contributed by atoms with Gasteiger partial charge in [-0.3, -0.25) is 4.90 Å². The molecule has 1 aliphatic rings. The van der Waals surface area contributed by atoms with E-state index in [-0.39, 0.29) is 0 Å². The van der Waals surface area contributed by atoms with E-state index in [1.807, 2.05) is 12.1 Å². The maximum atomic E-state index is 6.07. The third kappa shape index (κ3) is 4.74. The summed E-state index contributed by atoms with van der Waals surface area (Å²) in [6, 6.07) is 8.23. The number of halogens is 1. The van der Waals surface area contributed by atoms with Crippen LogP contribution in [0.1, 0.15) is 18.4 Å². The molecule has 0 radical (unpaired) electrons. The molecule has 2 rings (SSSR count). The van der Waals surface area contributed by atoms with E-state index in [9.17, 15) is 0 Å². The van der Waals surface area contributed by atoms with Crippen molar-refractivity contribution in [2.75, 3.05) is 53.0 Å². The van der Waals surface area contributed by atoms with E-state index in [4.69, 9.17) is 16.3 Å². The second-order valence-corrected chi connectivity index (χ2v) is 6.03. The average molecular weight is 297 g/mol. The summed E-state index contributed by atoms with van der Waals surface area (Å²) < 4.78 is 5.14. The molecule has 0 aliphatic carbocycles. The molecular weight excluding hydrogens is 272 g/mol. The number of benzene rings is 1. The Bertz CT molecular complexity index is 405. The van der Waals surface area contributed by atoms with Gasteiger partial charge >= 0.3 is 0 Å². The molecule has 0 bridgehead atoms. The van der Waals surface area contributed by atoms with E-state index >= 15 is 0 Å². The second kappa shape index (κ2) is 7.99. The lowest BCUT2D eigenvalue weighted by Gasteiger charge is -2.35. The van der Waals surface area contributed by atoms with Crippen LogP contribution in [0.4, 0.5) is 0 Å². The van der Waals surface area contributed by atoms with Crippen LogP contribution in [0.25, 0.3) is 0 Å². The number of hydrogen-bond acceptors (Lipinski definition) is 3. The molecule has 1 aliphatic heterocycles. The predicted molar refractivity (Wildman–Crippen MR) is 84.6 cm³/mol. The van der Waals surface area contributed by atoms with Gasteiger partial charge in [-0.05, 0) is 23.6 Å². The largest absolute Gasteiger partial charge is 0.383 e. The van der Waals surface area contributed by atoms with Gasteiger partial charge < -0.3 is 9.64 Å². The monoisotopic (exact) mass is 296 g/mol. The minimum atomic E-state index is 0.527. The minimum absolute atomic E-state index is 0.527. The molecule has 1 atom stereocenters. The van der Waals surface area contributed by atoms with Crippen molar-refractivity contribution in [3.63, 3.8) is 0 Å². The van der Waals surface area contributed by atoms with Crippen LogP contribution in [0.15, 0.2) is 24.3 Å². The van der Waals surface area contributed by atoms with E-state index in [1.54, 1.807) is 7.11 Å². The highest BCUT2D eigenvalue weighted by molar-refractivity contribution is 6.30. The predicted octanol–water partition coefficient (Wildman–Crippen LogP) is 2.71. The molecular formula is C16H25ClN2O. The molecule has 0 amide bonds. The van der Waals surface area contributed by atoms with Crippen molar-refractivity contribution in [1.29, 1.82) is 0 Å². The molecule has 0 unspecified atom stereocenters. The summed E-state index contributed by atoms with van der Waals surface area (Å²) >= 11 is 6.07. The van der Waals surface area contributed by atoms with E-state index in [0.717, 1.165) is 50.9 Å². The van der Waals surface area contributed by atoms with E-state index in [2.05, 4.69) is 28.9 Å². The van der Waals surface area contributed by atoms with Gasteiger partial charge in [-0.1, -0.05) is 30.7 Å². The summed E-state index contributed by atoms with van der Waals surface area (Å²) in [5, 5.41) is 0.832. The van der Waals surface area contributed by atoms with Gasteiger partial charge in [0.25, 0.3) is 0 Å². The summed E-state index contributed by atoms with van der Waals surface area (Å²) in [7, 11) is 1.77. The molecule has 0 spiro atoms. The zero-order chi connectivity index (χ0) is 14.4. The lowest BCUT2D eigenvalue weighted by Crippen LogP contribution is -2.48. The fraction of sp³-hybridized carbons (Fsp3) is 0.625. The standard InChI is InChI=1S/C16H25ClN2O/c1-14(15-4-3-5-16(17)12-15)13-19-8-6-18(7-9-19)10-11-20-2/h3-5,12,14H,6-11,13H2,1-2H3/t14-/m1/s1. The lowest BCUT2D eigenvalue weighted by molar-refractivity contribution is 0.0947.